The van der Waals surface area contributed by atoms with Crippen molar-refractivity contribution in [2.24, 2.45) is 5.92 Å². The molecule has 2 amide bonds. The molecule has 0 radical (unpaired) electrons. The van der Waals surface area contributed by atoms with Crippen LogP contribution in [0.2, 0.25) is 0 Å². The van der Waals surface area contributed by atoms with Crippen LogP contribution >= 0.6 is 0 Å². The number of likely N-dealkylation sites (tertiary alicyclic amines) is 1. The van der Waals surface area contributed by atoms with E-state index in [2.05, 4.69) is 16.4 Å². The maximum atomic E-state index is 12.6. The maximum absolute atomic E-state index is 12.6. The molecule has 0 aliphatic carbocycles. The summed E-state index contributed by atoms with van der Waals surface area (Å²) in [5, 5.41) is 4.07. The molecule has 1 fully saturated rings. The van der Waals surface area contributed by atoms with Gasteiger partial charge in [-0.1, -0.05) is 24.3 Å². The quantitative estimate of drug-likeness (QED) is 0.693. The van der Waals surface area contributed by atoms with Gasteiger partial charge in [-0.05, 0) is 30.2 Å². The standard InChI is InChI=1S/C22H23N3O3/c1-28-18-6-4-5-17(12-18)24-22(27)16-11-21(26)25(14-16)10-9-15-13-23-20-8-3-2-7-19(15)20/h2-8,12-13,16,23H,9-11,14H2,1H3,(H,24,27). The van der Waals surface area contributed by atoms with E-state index >= 15 is 0 Å². The van der Waals surface area contributed by atoms with Crippen LogP contribution in [0.25, 0.3) is 10.9 Å². The first-order chi connectivity index (χ1) is 13.6. The average molecular weight is 377 g/mol. The fraction of sp³-hybridized carbons (Fsp3) is 0.273. The Bertz CT molecular complexity index is 1010. The van der Waals surface area contributed by atoms with E-state index in [0.717, 1.165) is 11.9 Å². The first-order valence-corrected chi connectivity index (χ1v) is 9.42. The maximum Gasteiger partial charge on any atom is 0.229 e. The van der Waals surface area contributed by atoms with Crippen LogP contribution in [0.3, 0.4) is 0 Å². The number of amides is 2. The molecule has 1 saturated heterocycles. The summed E-state index contributed by atoms with van der Waals surface area (Å²) in [4.78, 5) is 30.0. The topological polar surface area (TPSA) is 74.4 Å². The average Bonchev–Trinajstić information content (AvgIpc) is 3.30. The van der Waals surface area contributed by atoms with Crippen LogP contribution in [0.5, 0.6) is 5.75 Å². The molecule has 6 nitrogen and oxygen atoms in total. The van der Waals surface area contributed by atoms with E-state index in [9.17, 15) is 9.59 Å². The third-order valence-electron chi connectivity index (χ3n) is 5.25. The first kappa shape index (κ1) is 18.1. The summed E-state index contributed by atoms with van der Waals surface area (Å²) in [6.45, 7) is 1.07. The molecule has 1 aromatic heterocycles. The molecule has 1 aliphatic rings. The highest BCUT2D eigenvalue weighted by atomic mass is 16.5. The normalized spacial score (nSPS) is 16.5. The van der Waals surface area contributed by atoms with Gasteiger partial charge in [-0.15, -0.1) is 0 Å². The molecule has 0 bridgehead atoms. The third-order valence-corrected chi connectivity index (χ3v) is 5.25. The predicted molar refractivity (Wildman–Crippen MR) is 108 cm³/mol. The van der Waals surface area contributed by atoms with Crippen molar-refractivity contribution >= 4 is 28.4 Å². The zero-order valence-electron chi connectivity index (χ0n) is 15.8. The van der Waals surface area contributed by atoms with E-state index in [1.165, 1.54) is 10.9 Å². The monoisotopic (exact) mass is 377 g/mol. The molecular formula is C22H23N3O3. The van der Waals surface area contributed by atoms with Crippen molar-refractivity contribution in [2.45, 2.75) is 12.8 Å². The molecule has 2 heterocycles. The Morgan fingerprint density at radius 2 is 2.11 bits per heavy atom. The molecule has 4 rings (SSSR count). The summed E-state index contributed by atoms with van der Waals surface area (Å²) in [6, 6.07) is 15.4. The number of carbonyl (C=O) groups is 2. The highest BCUT2D eigenvalue weighted by Crippen LogP contribution is 2.23. The van der Waals surface area contributed by atoms with E-state index in [-0.39, 0.29) is 24.2 Å². The van der Waals surface area contributed by atoms with Crippen molar-refractivity contribution in [1.29, 1.82) is 0 Å². The molecule has 1 unspecified atom stereocenters. The van der Waals surface area contributed by atoms with Crippen molar-refractivity contribution in [2.75, 3.05) is 25.5 Å². The Balaban J connectivity index is 1.36. The summed E-state index contributed by atoms with van der Waals surface area (Å²) >= 11 is 0. The van der Waals surface area contributed by atoms with E-state index < -0.39 is 0 Å². The first-order valence-electron chi connectivity index (χ1n) is 9.42. The fourth-order valence-electron chi connectivity index (χ4n) is 3.70. The molecule has 28 heavy (non-hydrogen) atoms. The smallest absolute Gasteiger partial charge is 0.229 e. The third kappa shape index (κ3) is 3.71. The molecule has 1 atom stereocenters. The van der Waals surface area contributed by atoms with Crippen LogP contribution in [0, 0.1) is 5.92 Å². The zero-order valence-corrected chi connectivity index (χ0v) is 15.8. The number of benzene rings is 2. The van der Waals surface area contributed by atoms with Crippen LogP contribution in [0.15, 0.2) is 54.7 Å². The van der Waals surface area contributed by atoms with Gasteiger partial charge in [0.2, 0.25) is 11.8 Å². The minimum Gasteiger partial charge on any atom is -0.497 e. The van der Waals surface area contributed by atoms with Gasteiger partial charge in [0.1, 0.15) is 5.75 Å². The Hall–Kier alpha value is -3.28. The van der Waals surface area contributed by atoms with Crippen molar-refractivity contribution in [1.82, 2.24) is 9.88 Å². The molecule has 1 aliphatic heterocycles. The van der Waals surface area contributed by atoms with Crippen LogP contribution in [-0.4, -0.2) is 41.9 Å². The van der Waals surface area contributed by atoms with Crippen molar-refractivity contribution < 1.29 is 14.3 Å². The zero-order chi connectivity index (χ0) is 19.5. The Labute approximate surface area is 163 Å². The van der Waals surface area contributed by atoms with E-state index in [1.54, 1.807) is 18.1 Å². The van der Waals surface area contributed by atoms with Gasteiger partial charge in [-0.3, -0.25) is 9.59 Å². The van der Waals surface area contributed by atoms with Gasteiger partial charge in [0, 0.05) is 48.4 Å². The van der Waals surface area contributed by atoms with Gasteiger partial charge in [0.15, 0.2) is 0 Å². The lowest BCUT2D eigenvalue weighted by atomic mass is 10.1. The van der Waals surface area contributed by atoms with E-state index in [0.29, 0.717) is 24.5 Å². The van der Waals surface area contributed by atoms with Crippen LogP contribution < -0.4 is 10.1 Å². The summed E-state index contributed by atoms with van der Waals surface area (Å²) in [7, 11) is 1.59. The van der Waals surface area contributed by atoms with Crippen molar-refractivity contribution in [3.63, 3.8) is 0 Å². The van der Waals surface area contributed by atoms with Crippen molar-refractivity contribution in [3.8, 4) is 5.75 Å². The molecule has 0 saturated carbocycles. The molecule has 6 heteroatoms. The number of methoxy groups -OCH3 is 1. The summed E-state index contributed by atoms with van der Waals surface area (Å²) in [5.74, 6) is 0.254. The summed E-state index contributed by atoms with van der Waals surface area (Å²) in [5.41, 5.74) is 2.96. The second kappa shape index (κ2) is 7.76. The van der Waals surface area contributed by atoms with Crippen LogP contribution in [0.1, 0.15) is 12.0 Å². The molecule has 0 spiro atoms. The van der Waals surface area contributed by atoms with Gasteiger partial charge < -0.3 is 19.9 Å². The van der Waals surface area contributed by atoms with E-state index in [4.69, 9.17) is 4.74 Å². The highest BCUT2D eigenvalue weighted by molar-refractivity contribution is 5.97. The number of aromatic amines is 1. The minimum atomic E-state index is -0.332. The number of hydrogen-bond donors (Lipinski definition) is 2. The highest BCUT2D eigenvalue weighted by Gasteiger charge is 2.34. The second-order valence-electron chi connectivity index (χ2n) is 7.07. The summed E-state index contributed by atoms with van der Waals surface area (Å²) < 4.78 is 5.18. The Kier molecular flexibility index (Phi) is 5.02. The lowest BCUT2D eigenvalue weighted by molar-refractivity contribution is -0.128. The number of hydrogen-bond acceptors (Lipinski definition) is 3. The molecule has 2 N–H and O–H groups in total. The van der Waals surface area contributed by atoms with Gasteiger partial charge in [-0.2, -0.15) is 0 Å². The number of rotatable bonds is 6. The van der Waals surface area contributed by atoms with Crippen LogP contribution in [0.4, 0.5) is 5.69 Å². The fourth-order valence-corrected chi connectivity index (χ4v) is 3.70. The molecule has 3 aromatic rings. The van der Waals surface area contributed by atoms with Gasteiger partial charge in [-0.25, -0.2) is 0 Å². The number of carbonyl (C=O) groups excluding carboxylic acids is 2. The largest absolute Gasteiger partial charge is 0.497 e. The number of aromatic nitrogens is 1. The summed E-state index contributed by atoms with van der Waals surface area (Å²) in [6.07, 6.45) is 3.02. The number of para-hydroxylation sites is 1. The number of nitrogens with zero attached hydrogens (tertiary/aromatic N) is 1. The lowest BCUT2D eigenvalue weighted by Gasteiger charge is -2.16. The number of nitrogens with one attached hydrogen (secondary N) is 2. The number of fused-ring (bicyclic) bond motifs is 1. The van der Waals surface area contributed by atoms with Crippen molar-refractivity contribution in [3.05, 3.63) is 60.3 Å². The number of anilines is 1. The molecule has 144 valence electrons. The lowest BCUT2D eigenvalue weighted by Crippen LogP contribution is -2.30. The molecular weight excluding hydrogens is 354 g/mol. The number of H-pyrrole nitrogens is 1. The Morgan fingerprint density at radius 1 is 1.25 bits per heavy atom. The van der Waals surface area contributed by atoms with Gasteiger partial charge >= 0.3 is 0 Å². The Morgan fingerprint density at radius 3 is 2.96 bits per heavy atom. The van der Waals surface area contributed by atoms with Gasteiger partial charge in [0.25, 0.3) is 0 Å². The second-order valence-corrected chi connectivity index (χ2v) is 7.07. The predicted octanol–water partition coefficient (Wildman–Crippen LogP) is 3.21. The van der Waals surface area contributed by atoms with Gasteiger partial charge in [0.05, 0.1) is 13.0 Å². The van der Waals surface area contributed by atoms with Crippen LogP contribution in [-0.2, 0) is 16.0 Å². The SMILES string of the molecule is COc1cccc(NC(=O)C2CC(=O)N(CCc3c[nH]c4ccccc34)C2)c1. The van der Waals surface area contributed by atoms with E-state index in [1.807, 2.05) is 42.6 Å². The number of ether oxygens (including phenoxy) is 1. The molecule has 2 aromatic carbocycles. The minimum absolute atomic E-state index is 0.0330.